The normalized spacial score (nSPS) is 13.9. The van der Waals surface area contributed by atoms with Gasteiger partial charge in [-0.1, -0.05) is 39.0 Å². The van der Waals surface area contributed by atoms with Crippen LogP contribution in [0.1, 0.15) is 37.5 Å². The molecule has 1 aromatic rings. The first-order valence-corrected chi connectivity index (χ1v) is 6.90. The Morgan fingerprint density at radius 2 is 1.95 bits per heavy atom. The quantitative estimate of drug-likeness (QED) is 0.855. The molecule has 1 atom stereocenters. The molecule has 0 radical (unpaired) electrons. The average molecular weight is 264 g/mol. The van der Waals surface area contributed by atoms with Crippen molar-refractivity contribution < 1.29 is 5.11 Å². The number of nitrogens with two attached hydrogens (primary N) is 1. The number of aliphatic hydroxyl groups excluding tert-OH is 1. The van der Waals surface area contributed by atoms with Crippen molar-refractivity contribution in [3.63, 3.8) is 0 Å². The molecule has 108 valence electrons. The second kappa shape index (κ2) is 6.51. The summed E-state index contributed by atoms with van der Waals surface area (Å²) in [5.41, 5.74) is 9.59. The van der Waals surface area contributed by atoms with Crippen LogP contribution in [0.4, 0.5) is 0 Å². The van der Waals surface area contributed by atoms with E-state index in [1.165, 1.54) is 16.7 Å². The Bertz CT molecular complexity index is 410. The molecule has 0 saturated heterocycles. The SMILES string of the molecule is Cc1cc(C(C)(C)C)ccc1CN(C)CC(O)CN. The molecule has 3 nitrogen and oxygen atoms in total. The third-order valence-electron chi connectivity index (χ3n) is 3.44. The summed E-state index contributed by atoms with van der Waals surface area (Å²) in [6.45, 7) is 10.6. The van der Waals surface area contributed by atoms with Crippen molar-refractivity contribution in [2.24, 2.45) is 5.73 Å². The Labute approximate surface area is 117 Å². The van der Waals surface area contributed by atoms with Gasteiger partial charge in [-0.25, -0.2) is 0 Å². The van der Waals surface area contributed by atoms with Crippen molar-refractivity contribution in [1.29, 1.82) is 0 Å². The van der Waals surface area contributed by atoms with E-state index in [1.54, 1.807) is 0 Å². The van der Waals surface area contributed by atoms with Crippen LogP contribution in [-0.4, -0.2) is 36.2 Å². The van der Waals surface area contributed by atoms with Gasteiger partial charge in [0.25, 0.3) is 0 Å². The molecular weight excluding hydrogens is 236 g/mol. The first kappa shape index (κ1) is 16.2. The number of aliphatic hydroxyl groups is 1. The maximum atomic E-state index is 9.56. The standard InChI is InChI=1S/C16H28N2O/c1-12-8-14(16(2,3)4)7-6-13(12)10-18(5)11-15(19)9-17/h6-8,15,19H,9-11,17H2,1-5H3. The van der Waals surface area contributed by atoms with Crippen molar-refractivity contribution in [3.05, 3.63) is 34.9 Å². The first-order chi connectivity index (χ1) is 8.74. The van der Waals surface area contributed by atoms with Crippen LogP contribution in [0.5, 0.6) is 0 Å². The minimum Gasteiger partial charge on any atom is -0.390 e. The topological polar surface area (TPSA) is 49.5 Å². The molecule has 0 fully saturated rings. The molecule has 0 bridgehead atoms. The molecule has 0 aromatic heterocycles. The Kier molecular flexibility index (Phi) is 5.53. The molecule has 0 aliphatic rings. The summed E-state index contributed by atoms with van der Waals surface area (Å²) in [4.78, 5) is 2.11. The van der Waals surface area contributed by atoms with Gasteiger partial charge in [-0.3, -0.25) is 4.90 Å². The van der Waals surface area contributed by atoms with Gasteiger partial charge in [-0.2, -0.15) is 0 Å². The maximum absolute atomic E-state index is 9.56. The fourth-order valence-electron chi connectivity index (χ4n) is 2.13. The molecule has 19 heavy (non-hydrogen) atoms. The van der Waals surface area contributed by atoms with Gasteiger partial charge < -0.3 is 10.8 Å². The van der Waals surface area contributed by atoms with Crippen LogP contribution in [-0.2, 0) is 12.0 Å². The fourth-order valence-corrected chi connectivity index (χ4v) is 2.13. The van der Waals surface area contributed by atoms with Crippen molar-refractivity contribution in [2.45, 2.75) is 45.8 Å². The van der Waals surface area contributed by atoms with Gasteiger partial charge >= 0.3 is 0 Å². The minimum atomic E-state index is -0.445. The molecule has 0 saturated carbocycles. The van der Waals surface area contributed by atoms with Crippen LogP contribution in [0.3, 0.4) is 0 Å². The molecule has 3 N–H and O–H groups in total. The van der Waals surface area contributed by atoms with Crippen LogP contribution in [0.2, 0.25) is 0 Å². The number of hydrogen-bond donors (Lipinski definition) is 2. The zero-order chi connectivity index (χ0) is 14.6. The summed E-state index contributed by atoms with van der Waals surface area (Å²) >= 11 is 0. The van der Waals surface area contributed by atoms with E-state index in [-0.39, 0.29) is 5.41 Å². The molecule has 0 spiro atoms. The lowest BCUT2D eigenvalue weighted by Crippen LogP contribution is -2.33. The lowest BCUT2D eigenvalue weighted by atomic mass is 9.85. The molecular formula is C16H28N2O. The maximum Gasteiger partial charge on any atom is 0.0789 e. The van der Waals surface area contributed by atoms with E-state index in [2.05, 4.69) is 50.8 Å². The van der Waals surface area contributed by atoms with Crippen LogP contribution in [0, 0.1) is 6.92 Å². The van der Waals surface area contributed by atoms with E-state index in [4.69, 9.17) is 5.73 Å². The first-order valence-electron chi connectivity index (χ1n) is 6.90. The predicted octanol–water partition coefficient (Wildman–Crippen LogP) is 2.04. The number of aryl methyl sites for hydroxylation is 1. The summed E-state index contributed by atoms with van der Waals surface area (Å²) in [6.07, 6.45) is -0.445. The van der Waals surface area contributed by atoms with Gasteiger partial charge in [0.15, 0.2) is 0 Å². The van der Waals surface area contributed by atoms with E-state index in [0.29, 0.717) is 13.1 Å². The highest BCUT2D eigenvalue weighted by Crippen LogP contribution is 2.24. The number of rotatable bonds is 5. The van der Waals surface area contributed by atoms with Crippen LogP contribution in [0.25, 0.3) is 0 Å². The molecule has 1 rings (SSSR count). The summed E-state index contributed by atoms with van der Waals surface area (Å²) in [7, 11) is 2.01. The number of likely N-dealkylation sites (N-methyl/N-ethyl adjacent to an activating group) is 1. The highest BCUT2D eigenvalue weighted by Gasteiger charge is 2.15. The number of benzene rings is 1. The second-order valence-corrected chi connectivity index (χ2v) is 6.48. The van der Waals surface area contributed by atoms with E-state index < -0.39 is 6.10 Å². The molecule has 1 aromatic carbocycles. The third kappa shape index (κ3) is 4.94. The van der Waals surface area contributed by atoms with E-state index >= 15 is 0 Å². The summed E-state index contributed by atoms with van der Waals surface area (Å²) in [5.74, 6) is 0. The number of nitrogens with zero attached hydrogens (tertiary/aromatic N) is 1. The van der Waals surface area contributed by atoms with Gasteiger partial charge in [0.1, 0.15) is 0 Å². The highest BCUT2D eigenvalue weighted by atomic mass is 16.3. The summed E-state index contributed by atoms with van der Waals surface area (Å²) in [5, 5.41) is 9.56. The van der Waals surface area contributed by atoms with Crippen LogP contribution < -0.4 is 5.73 Å². The zero-order valence-electron chi connectivity index (χ0n) is 12.9. The minimum absolute atomic E-state index is 0.185. The molecule has 3 heteroatoms. The van der Waals surface area contributed by atoms with Gasteiger partial charge in [0, 0.05) is 19.6 Å². The Morgan fingerprint density at radius 3 is 2.42 bits per heavy atom. The van der Waals surface area contributed by atoms with Crippen molar-refractivity contribution in [2.75, 3.05) is 20.1 Å². The molecule has 0 aliphatic heterocycles. The zero-order valence-corrected chi connectivity index (χ0v) is 12.9. The van der Waals surface area contributed by atoms with Crippen molar-refractivity contribution >= 4 is 0 Å². The second-order valence-electron chi connectivity index (χ2n) is 6.48. The van der Waals surface area contributed by atoms with Gasteiger partial charge in [-0.05, 0) is 36.1 Å². The van der Waals surface area contributed by atoms with E-state index in [9.17, 15) is 5.11 Å². The van der Waals surface area contributed by atoms with E-state index in [0.717, 1.165) is 6.54 Å². The smallest absolute Gasteiger partial charge is 0.0789 e. The fraction of sp³-hybridized carbons (Fsp3) is 0.625. The van der Waals surface area contributed by atoms with Crippen LogP contribution >= 0.6 is 0 Å². The third-order valence-corrected chi connectivity index (χ3v) is 3.44. The van der Waals surface area contributed by atoms with E-state index in [1.807, 2.05) is 7.05 Å². The monoisotopic (exact) mass is 264 g/mol. The average Bonchev–Trinajstić information content (AvgIpc) is 2.30. The Balaban J connectivity index is 2.75. The van der Waals surface area contributed by atoms with Crippen LogP contribution in [0.15, 0.2) is 18.2 Å². The molecule has 0 heterocycles. The van der Waals surface area contributed by atoms with Crippen molar-refractivity contribution in [3.8, 4) is 0 Å². The highest BCUT2D eigenvalue weighted by molar-refractivity contribution is 5.34. The van der Waals surface area contributed by atoms with Gasteiger partial charge in [0.05, 0.1) is 6.10 Å². The molecule has 0 aliphatic carbocycles. The van der Waals surface area contributed by atoms with Gasteiger partial charge in [0.2, 0.25) is 0 Å². The Morgan fingerprint density at radius 1 is 1.32 bits per heavy atom. The lowest BCUT2D eigenvalue weighted by Gasteiger charge is -2.23. The predicted molar refractivity (Wildman–Crippen MR) is 81.3 cm³/mol. The lowest BCUT2D eigenvalue weighted by molar-refractivity contribution is 0.129. The molecule has 1 unspecified atom stereocenters. The Hall–Kier alpha value is -0.900. The molecule has 0 amide bonds. The van der Waals surface area contributed by atoms with Crippen molar-refractivity contribution in [1.82, 2.24) is 4.90 Å². The number of hydrogen-bond acceptors (Lipinski definition) is 3. The summed E-state index contributed by atoms with van der Waals surface area (Å²) in [6, 6.07) is 6.67. The van der Waals surface area contributed by atoms with Gasteiger partial charge in [-0.15, -0.1) is 0 Å². The largest absolute Gasteiger partial charge is 0.390 e. The summed E-state index contributed by atoms with van der Waals surface area (Å²) < 4.78 is 0.